The van der Waals surface area contributed by atoms with Crippen LogP contribution in [0.1, 0.15) is 32.8 Å². The molecule has 0 spiro atoms. The summed E-state index contributed by atoms with van der Waals surface area (Å²) in [5, 5.41) is 25.9. The lowest BCUT2D eigenvalue weighted by molar-refractivity contribution is -0.141. The molecule has 30 heavy (non-hydrogen) atoms. The minimum absolute atomic E-state index is 0.0374. The molecule has 3 amide bonds. The van der Waals surface area contributed by atoms with E-state index in [0.717, 1.165) is 0 Å². The predicted octanol–water partition coefficient (Wildman–Crippen LogP) is -0.502. The maximum Gasteiger partial charge on any atom is 0.325 e. The van der Waals surface area contributed by atoms with Gasteiger partial charge in [-0.05, 0) is 37.0 Å². The van der Waals surface area contributed by atoms with E-state index in [1.54, 1.807) is 12.1 Å². The number of carbonyl (C=O) groups excluding carboxylic acids is 3. The van der Waals surface area contributed by atoms with Crippen molar-refractivity contribution < 1.29 is 29.4 Å². The Morgan fingerprint density at radius 3 is 2.00 bits per heavy atom. The molecule has 1 aromatic rings. The van der Waals surface area contributed by atoms with E-state index in [1.807, 2.05) is 13.8 Å². The number of nitrogens with one attached hydrogen (secondary N) is 3. The summed E-state index contributed by atoms with van der Waals surface area (Å²) in [5.41, 5.74) is 6.01. The lowest BCUT2D eigenvalue weighted by atomic mass is 10.0. The predicted molar refractivity (Wildman–Crippen MR) is 109 cm³/mol. The summed E-state index contributed by atoms with van der Waals surface area (Å²) in [6, 6.07) is 3.03. The molecule has 0 aromatic heterocycles. The summed E-state index contributed by atoms with van der Waals surface area (Å²) in [5.74, 6) is -2.87. The molecule has 1 aromatic carbocycles. The second-order valence-electron chi connectivity index (χ2n) is 7.45. The highest BCUT2D eigenvalue weighted by Crippen LogP contribution is 2.12. The van der Waals surface area contributed by atoms with Gasteiger partial charge in [-0.3, -0.25) is 19.2 Å². The molecule has 10 nitrogen and oxygen atoms in total. The van der Waals surface area contributed by atoms with Crippen LogP contribution in [0.25, 0.3) is 0 Å². The number of hydrogen-bond acceptors (Lipinski definition) is 6. The molecule has 7 N–H and O–H groups in total. The Labute approximate surface area is 175 Å². The SMILES string of the molecule is CC(C)CC(NC(=O)C(Cc1ccc(O)cc1)NC(=O)CN)C(=O)NC(C)C(=O)O. The number of carbonyl (C=O) groups is 4. The fourth-order valence-corrected chi connectivity index (χ4v) is 2.68. The van der Waals surface area contributed by atoms with E-state index in [1.165, 1.54) is 19.1 Å². The zero-order valence-corrected chi connectivity index (χ0v) is 17.3. The van der Waals surface area contributed by atoms with E-state index in [2.05, 4.69) is 16.0 Å². The van der Waals surface area contributed by atoms with Crippen molar-refractivity contribution in [1.82, 2.24) is 16.0 Å². The minimum Gasteiger partial charge on any atom is -0.508 e. The molecule has 3 unspecified atom stereocenters. The summed E-state index contributed by atoms with van der Waals surface area (Å²) in [6.45, 7) is 4.73. The van der Waals surface area contributed by atoms with Crippen LogP contribution in [0, 0.1) is 5.92 Å². The van der Waals surface area contributed by atoms with Gasteiger partial charge in [0.1, 0.15) is 23.9 Å². The molecule has 0 saturated carbocycles. The van der Waals surface area contributed by atoms with Gasteiger partial charge in [-0.15, -0.1) is 0 Å². The van der Waals surface area contributed by atoms with Gasteiger partial charge in [0, 0.05) is 6.42 Å². The number of carboxylic acid groups (broad SMARTS) is 1. The number of rotatable bonds is 11. The van der Waals surface area contributed by atoms with E-state index < -0.39 is 41.8 Å². The summed E-state index contributed by atoms with van der Waals surface area (Å²) in [7, 11) is 0. The fourth-order valence-electron chi connectivity index (χ4n) is 2.68. The van der Waals surface area contributed by atoms with Gasteiger partial charge in [-0.2, -0.15) is 0 Å². The van der Waals surface area contributed by atoms with Crippen LogP contribution in [0.4, 0.5) is 0 Å². The quantitative estimate of drug-likeness (QED) is 0.279. The maximum atomic E-state index is 12.9. The van der Waals surface area contributed by atoms with Crippen molar-refractivity contribution >= 4 is 23.7 Å². The molecule has 0 aliphatic rings. The third-order valence-electron chi connectivity index (χ3n) is 4.28. The van der Waals surface area contributed by atoms with Gasteiger partial charge in [0.2, 0.25) is 17.7 Å². The third kappa shape index (κ3) is 8.48. The summed E-state index contributed by atoms with van der Waals surface area (Å²) in [6.07, 6.45) is 0.389. The highest BCUT2D eigenvalue weighted by molar-refractivity contribution is 5.93. The van der Waals surface area contributed by atoms with Gasteiger partial charge >= 0.3 is 5.97 Å². The number of carboxylic acids is 1. The average Bonchev–Trinajstić information content (AvgIpc) is 2.67. The number of phenolic OH excluding ortho intramolecular Hbond substituents is 1. The Balaban J connectivity index is 2.98. The first kappa shape index (κ1) is 24.9. The normalized spacial score (nSPS) is 13.8. The van der Waals surface area contributed by atoms with Crippen LogP contribution >= 0.6 is 0 Å². The van der Waals surface area contributed by atoms with Gasteiger partial charge in [0.15, 0.2) is 0 Å². The summed E-state index contributed by atoms with van der Waals surface area (Å²) in [4.78, 5) is 48.2. The van der Waals surface area contributed by atoms with Gasteiger partial charge < -0.3 is 31.9 Å². The number of nitrogens with two attached hydrogens (primary N) is 1. The Bertz CT molecular complexity index is 750. The first-order chi connectivity index (χ1) is 14.0. The molecule has 1 rings (SSSR count). The smallest absolute Gasteiger partial charge is 0.325 e. The van der Waals surface area contributed by atoms with Crippen LogP contribution in [-0.2, 0) is 25.6 Å². The largest absolute Gasteiger partial charge is 0.508 e. The zero-order valence-electron chi connectivity index (χ0n) is 17.3. The Kier molecular flexibility index (Phi) is 9.76. The van der Waals surface area contributed by atoms with Gasteiger partial charge in [0.05, 0.1) is 6.54 Å². The number of amides is 3. The van der Waals surface area contributed by atoms with Crippen LogP contribution in [0.5, 0.6) is 5.75 Å². The second kappa shape index (κ2) is 11.8. The molecule has 0 radical (unpaired) electrons. The number of aromatic hydroxyl groups is 1. The summed E-state index contributed by atoms with van der Waals surface area (Å²) >= 11 is 0. The standard InChI is InChI=1S/C20H30N4O6/c1-11(2)8-15(18(27)22-12(3)20(29)30)24-19(28)16(23-17(26)10-21)9-13-4-6-14(25)7-5-13/h4-7,11-12,15-16,25H,8-10,21H2,1-3H3,(H,22,27)(H,23,26)(H,24,28)(H,29,30). The van der Waals surface area contributed by atoms with Crippen LogP contribution in [-0.4, -0.2) is 58.6 Å². The highest BCUT2D eigenvalue weighted by atomic mass is 16.4. The molecule has 3 atom stereocenters. The Hall–Kier alpha value is -3.14. The minimum atomic E-state index is -1.20. The molecule has 0 bridgehead atoms. The second-order valence-corrected chi connectivity index (χ2v) is 7.45. The van der Waals surface area contributed by atoms with E-state index >= 15 is 0 Å². The Morgan fingerprint density at radius 2 is 1.50 bits per heavy atom. The van der Waals surface area contributed by atoms with E-state index in [-0.39, 0.29) is 31.1 Å². The average molecular weight is 422 g/mol. The molecule has 10 heteroatoms. The van der Waals surface area contributed by atoms with Crippen molar-refractivity contribution in [2.45, 2.75) is 51.7 Å². The van der Waals surface area contributed by atoms with Crippen LogP contribution in [0.3, 0.4) is 0 Å². The molecule has 0 aliphatic carbocycles. The Morgan fingerprint density at radius 1 is 0.933 bits per heavy atom. The van der Waals surface area contributed by atoms with Gasteiger partial charge in [-0.25, -0.2) is 0 Å². The molecular weight excluding hydrogens is 392 g/mol. The number of aliphatic carboxylic acids is 1. The van der Waals surface area contributed by atoms with E-state index in [9.17, 15) is 24.3 Å². The van der Waals surface area contributed by atoms with E-state index in [4.69, 9.17) is 10.8 Å². The molecule has 0 heterocycles. The maximum absolute atomic E-state index is 12.9. The van der Waals surface area contributed by atoms with Crippen molar-refractivity contribution in [3.63, 3.8) is 0 Å². The van der Waals surface area contributed by atoms with Crippen LogP contribution < -0.4 is 21.7 Å². The fraction of sp³-hybridized carbons (Fsp3) is 0.500. The van der Waals surface area contributed by atoms with Crippen molar-refractivity contribution in [3.05, 3.63) is 29.8 Å². The first-order valence-electron chi connectivity index (χ1n) is 9.64. The number of hydrogen-bond donors (Lipinski definition) is 6. The molecule has 0 fully saturated rings. The number of phenols is 1. The third-order valence-corrected chi connectivity index (χ3v) is 4.28. The first-order valence-corrected chi connectivity index (χ1v) is 9.64. The van der Waals surface area contributed by atoms with E-state index in [0.29, 0.717) is 5.56 Å². The van der Waals surface area contributed by atoms with Gasteiger partial charge in [0.25, 0.3) is 0 Å². The monoisotopic (exact) mass is 422 g/mol. The topological polar surface area (TPSA) is 171 Å². The lowest BCUT2D eigenvalue weighted by Gasteiger charge is -2.25. The van der Waals surface area contributed by atoms with Crippen LogP contribution in [0.2, 0.25) is 0 Å². The van der Waals surface area contributed by atoms with Crippen molar-refractivity contribution in [2.24, 2.45) is 11.7 Å². The molecular formula is C20H30N4O6. The van der Waals surface area contributed by atoms with Crippen molar-refractivity contribution in [1.29, 1.82) is 0 Å². The van der Waals surface area contributed by atoms with Crippen LogP contribution in [0.15, 0.2) is 24.3 Å². The molecule has 0 aliphatic heterocycles. The van der Waals surface area contributed by atoms with Crippen molar-refractivity contribution in [2.75, 3.05) is 6.54 Å². The van der Waals surface area contributed by atoms with Crippen molar-refractivity contribution in [3.8, 4) is 5.75 Å². The molecule has 0 saturated heterocycles. The summed E-state index contributed by atoms with van der Waals surface area (Å²) < 4.78 is 0. The zero-order chi connectivity index (χ0) is 22.8. The van der Waals surface area contributed by atoms with Gasteiger partial charge in [-0.1, -0.05) is 26.0 Å². The highest BCUT2D eigenvalue weighted by Gasteiger charge is 2.28. The lowest BCUT2D eigenvalue weighted by Crippen LogP contribution is -2.56. The number of benzene rings is 1. The molecule has 166 valence electrons.